The smallest absolute Gasteiger partial charge is 0.273 e. The number of aromatic amines is 1. The van der Waals surface area contributed by atoms with Gasteiger partial charge in [-0.05, 0) is 32.0 Å². The normalized spacial score (nSPS) is 13.0. The molecule has 3 N–H and O–H groups in total. The summed E-state index contributed by atoms with van der Waals surface area (Å²) in [6.45, 7) is 3.77. The van der Waals surface area contributed by atoms with Crippen LogP contribution in [-0.2, 0) is 6.54 Å². The first-order chi connectivity index (χ1) is 13.8. The first-order valence-corrected chi connectivity index (χ1v) is 9.52. The number of H-pyrrole nitrogens is 1. The van der Waals surface area contributed by atoms with Gasteiger partial charge in [0.25, 0.3) is 5.91 Å². The summed E-state index contributed by atoms with van der Waals surface area (Å²) in [4.78, 5) is 12.4. The molecule has 0 aliphatic carbocycles. The number of rotatable bonds is 6. The first kappa shape index (κ1) is 20.9. The quantitative estimate of drug-likeness (QED) is 0.551. The van der Waals surface area contributed by atoms with Gasteiger partial charge in [-0.1, -0.05) is 29.3 Å². The van der Waals surface area contributed by atoms with Gasteiger partial charge >= 0.3 is 0 Å². The molecule has 2 atom stereocenters. The van der Waals surface area contributed by atoms with Gasteiger partial charge in [0.15, 0.2) is 5.69 Å². The lowest BCUT2D eigenvalue weighted by Gasteiger charge is -2.13. The van der Waals surface area contributed by atoms with Gasteiger partial charge in [-0.25, -0.2) is 0 Å². The molecule has 2 heterocycles. The minimum atomic E-state index is -0.854. The van der Waals surface area contributed by atoms with Crippen LogP contribution in [0.1, 0.15) is 41.7 Å². The molecule has 1 unspecified atom stereocenters. The molecule has 3 aromatic rings. The topological polar surface area (TPSA) is 120 Å². The van der Waals surface area contributed by atoms with E-state index in [0.717, 1.165) is 5.56 Å². The molecule has 10 heteroatoms. The second-order valence-corrected chi connectivity index (χ2v) is 7.36. The van der Waals surface area contributed by atoms with Crippen molar-refractivity contribution in [3.05, 3.63) is 57.5 Å². The summed E-state index contributed by atoms with van der Waals surface area (Å²) in [6.07, 6.45) is 0.934. The van der Waals surface area contributed by atoms with Gasteiger partial charge in [0.2, 0.25) is 0 Å². The molecule has 0 fully saturated rings. The van der Waals surface area contributed by atoms with Crippen molar-refractivity contribution in [2.45, 2.75) is 32.5 Å². The van der Waals surface area contributed by atoms with Crippen LogP contribution in [0, 0.1) is 11.3 Å². The molecule has 8 nitrogen and oxygen atoms in total. The number of aromatic nitrogens is 4. The third kappa shape index (κ3) is 4.59. The van der Waals surface area contributed by atoms with E-state index in [0.29, 0.717) is 28.5 Å². The number of aliphatic hydroxyl groups excluding tert-OH is 1. The van der Waals surface area contributed by atoms with Crippen molar-refractivity contribution in [3.63, 3.8) is 0 Å². The van der Waals surface area contributed by atoms with Crippen LogP contribution < -0.4 is 5.32 Å². The van der Waals surface area contributed by atoms with Crippen molar-refractivity contribution in [2.24, 2.45) is 0 Å². The summed E-state index contributed by atoms with van der Waals surface area (Å²) in [7, 11) is 0. The van der Waals surface area contributed by atoms with Crippen LogP contribution >= 0.6 is 23.2 Å². The fourth-order valence-electron chi connectivity index (χ4n) is 2.77. The second-order valence-electron chi connectivity index (χ2n) is 6.58. The minimum absolute atomic E-state index is 0.0304. The average molecular weight is 433 g/mol. The van der Waals surface area contributed by atoms with E-state index in [4.69, 9.17) is 28.5 Å². The number of nitrogens with one attached hydrogen (secondary N) is 2. The maximum atomic E-state index is 12.4. The Hall–Kier alpha value is -2.86. The van der Waals surface area contributed by atoms with Crippen molar-refractivity contribution >= 4 is 29.1 Å². The molecular weight excluding hydrogens is 415 g/mol. The van der Waals surface area contributed by atoms with E-state index in [1.54, 1.807) is 29.1 Å². The Balaban J connectivity index is 1.66. The Labute approximate surface area is 177 Å². The van der Waals surface area contributed by atoms with E-state index in [1.165, 1.54) is 6.92 Å². The molecule has 0 saturated heterocycles. The Bertz CT molecular complexity index is 1080. The van der Waals surface area contributed by atoms with E-state index in [9.17, 15) is 9.90 Å². The van der Waals surface area contributed by atoms with Crippen LogP contribution in [-0.4, -0.2) is 37.0 Å². The zero-order valence-corrected chi connectivity index (χ0v) is 17.2. The number of carbonyl (C=O) groups excluding carboxylic acids is 1. The zero-order chi connectivity index (χ0) is 21.1. The van der Waals surface area contributed by atoms with Crippen molar-refractivity contribution in [2.75, 3.05) is 0 Å². The highest BCUT2D eigenvalue weighted by molar-refractivity contribution is 6.34. The Kier molecular flexibility index (Phi) is 6.23. The number of halogens is 2. The number of hydrogen-bond acceptors (Lipinski definition) is 5. The number of amides is 1. The first-order valence-electron chi connectivity index (χ1n) is 8.76. The molecule has 0 aliphatic heterocycles. The summed E-state index contributed by atoms with van der Waals surface area (Å²) in [5.41, 5.74) is 2.22. The van der Waals surface area contributed by atoms with Crippen LogP contribution in [0.5, 0.6) is 0 Å². The van der Waals surface area contributed by atoms with Crippen molar-refractivity contribution in [3.8, 4) is 17.3 Å². The number of carbonyl (C=O) groups is 1. The fourth-order valence-corrected chi connectivity index (χ4v) is 3.32. The molecule has 1 aromatic carbocycles. The number of nitrogens with zero attached hydrogens (tertiary/aromatic N) is 4. The van der Waals surface area contributed by atoms with E-state index < -0.39 is 12.0 Å². The number of nitriles is 1. The summed E-state index contributed by atoms with van der Waals surface area (Å²) in [5.74, 6) is -0.447. The van der Waals surface area contributed by atoms with Crippen LogP contribution in [0.4, 0.5) is 0 Å². The van der Waals surface area contributed by atoms with Gasteiger partial charge in [-0.15, -0.1) is 0 Å². The molecule has 29 heavy (non-hydrogen) atoms. The highest BCUT2D eigenvalue weighted by Crippen LogP contribution is 2.25. The highest BCUT2D eigenvalue weighted by Gasteiger charge is 2.21. The second kappa shape index (κ2) is 8.66. The molecule has 0 spiro atoms. The van der Waals surface area contributed by atoms with Crippen LogP contribution in [0.2, 0.25) is 10.0 Å². The van der Waals surface area contributed by atoms with E-state index in [1.807, 2.05) is 19.1 Å². The third-order valence-corrected chi connectivity index (χ3v) is 4.93. The van der Waals surface area contributed by atoms with Crippen LogP contribution in [0.3, 0.4) is 0 Å². The third-order valence-electron chi connectivity index (χ3n) is 4.23. The molecule has 0 saturated carbocycles. The van der Waals surface area contributed by atoms with Crippen LogP contribution in [0.25, 0.3) is 11.3 Å². The standard InChI is InChI=1S/C19H18Cl2N6O2/c1-10(23-19(29)18-16(21)17(11(2)28)24-25-18)9-27-6-5-15(26-27)12-3-4-13(8-22)14(20)7-12/h3-7,10-11,28H,9H2,1-2H3,(H,23,29)(H,24,25)/t10-,11?/m0/s1. The maximum Gasteiger partial charge on any atom is 0.273 e. The SMILES string of the molecule is CC(O)c1[nH]nc(C(=O)N[C@@H](C)Cn2ccc(-c3ccc(C#N)c(Cl)c3)n2)c1Cl. The van der Waals surface area contributed by atoms with Crippen molar-refractivity contribution < 1.29 is 9.90 Å². The monoisotopic (exact) mass is 432 g/mol. The predicted molar refractivity (Wildman–Crippen MR) is 109 cm³/mol. The van der Waals surface area contributed by atoms with Gasteiger partial charge in [-0.3, -0.25) is 14.6 Å². The molecule has 150 valence electrons. The lowest BCUT2D eigenvalue weighted by Crippen LogP contribution is -2.36. The summed E-state index contributed by atoms with van der Waals surface area (Å²) < 4.78 is 1.69. The van der Waals surface area contributed by atoms with Crippen molar-refractivity contribution in [1.82, 2.24) is 25.3 Å². The molecule has 1 amide bonds. The van der Waals surface area contributed by atoms with E-state index >= 15 is 0 Å². The molecule has 2 aromatic heterocycles. The summed E-state index contributed by atoms with van der Waals surface area (Å²) >= 11 is 12.2. The van der Waals surface area contributed by atoms with Crippen LogP contribution in [0.15, 0.2) is 30.5 Å². The molecular formula is C19H18Cl2N6O2. The highest BCUT2D eigenvalue weighted by atomic mass is 35.5. The largest absolute Gasteiger partial charge is 0.387 e. The number of benzene rings is 1. The molecule has 0 bridgehead atoms. The van der Waals surface area contributed by atoms with Gasteiger partial charge < -0.3 is 10.4 Å². The Morgan fingerprint density at radius 1 is 1.38 bits per heavy atom. The average Bonchev–Trinajstić information content (AvgIpc) is 3.28. The van der Waals surface area contributed by atoms with Gasteiger partial charge in [0, 0.05) is 17.8 Å². The molecule has 0 aliphatic rings. The summed E-state index contributed by atoms with van der Waals surface area (Å²) in [6, 6.07) is 8.70. The molecule has 3 rings (SSSR count). The van der Waals surface area contributed by atoms with Gasteiger partial charge in [0.05, 0.1) is 39.6 Å². The maximum absolute atomic E-state index is 12.4. The zero-order valence-electron chi connectivity index (χ0n) is 15.6. The van der Waals surface area contributed by atoms with Crippen molar-refractivity contribution in [1.29, 1.82) is 5.26 Å². The molecule has 0 radical (unpaired) electrons. The van der Waals surface area contributed by atoms with Gasteiger partial charge in [-0.2, -0.15) is 15.5 Å². The number of hydrogen-bond donors (Lipinski definition) is 3. The fraction of sp³-hybridized carbons (Fsp3) is 0.263. The predicted octanol–water partition coefficient (Wildman–Crippen LogP) is 3.32. The Morgan fingerprint density at radius 2 is 2.14 bits per heavy atom. The Morgan fingerprint density at radius 3 is 2.76 bits per heavy atom. The minimum Gasteiger partial charge on any atom is -0.387 e. The van der Waals surface area contributed by atoms with E-state index in [2.05, 4.69) is 20.6 Å². The lowest BCUT2D eigenvalue weighted by molar-refractivity contribution is 0.0931. The lowest BCUT2D eigenvalue weighted by atomic mass is 10.1. The number of aliphatic hydroxyl groups is 1. The summed E-state index contributed by atoms with van der Waals surface area (Å²) in [5, 5.41) is 32.8. The van der Waals surface area contributed by atoms with E-state index in [-0.39, 0.29) is 16.8 Å². The van der Waals surface area contributed by atoms with Gasteiger partial charge in [0.1, 0.15) is 6.07 Å².